The SMILES string of the molecule is CC(C)On1cc(CC(=O)Nc2ccccc2Cl)c2ccccc21. The van der Waals surface area contributed by atoms with E-state index in [9.17, 15) is 4.79 Å². The van der Waals surface area contributed by atoms with E-state index in [4.69, 9.17) is 16.4 Å². The number of halogens is 1. The summed E-state index contributed by atoms with van der Waals surface area (Å²) >= 11 is 6.09. The van der Waals surface area contributed by atoms with E-state index in [1.54, 1.807) is 16.9 Å². The fourth-order valence-corrected chi connectivity index (χ4v) is 2.79. The van der Waals surface area contributed by atoms with E-state index in [0.29, 0.717) is 10.7 Å². The maximum absolute atomic E-state index is 12.4. The molecule has 0 aliphatic carbocycles. The Kier molecular flexibility index (Phi) is 4.76. The van der Waals surface area contributed by atoms with Crippen molar-refractivity contribution in [2.45, 2.75) is 26.4 Å². The fourth-order valence-electron chi connectivity index (χ4n) is 2.60. The molecule has 0 atom stereocenters. The molecule has 1 heterocycles. The van der Waals surface area contributed by atoms with E-state index in [0.717, 1.165) is 16.5 Å². The monoisotopic (exact) mass is 342 g/mol. The number of carbonyl (C=O) groups excluding carboxylic acids is 1. The second-order valence-electron chi connectivity index (χ2n) is 5.86. The van der Waals surface area contributed by atoms with Crippen molar-refractivity contribution in [3.05, 3.63) is 65.3 Å². The van der Waals surface area contributed by atoms with Crippen LogP contribution in [0.5, 0.6) is 0 Å². The molecule has 3 rings (SSSR count). The molecule has 1 aromatic heterocycles. The van der Waals surface area contributed by atoms with Crippen molar-refractivity contribution in [1.29, 1.82) is 0 Å². The maximum Gasteiger partial charge on any atom is 0.228 e. The Hall–Kier alpha value is -2.46. The minimum Gasteiger partial charge on any atom is -0.411 e. The smallest absolute Gasteiger partial charge is 0.228 e. The molecule has 0 fully saturated rings. The van der Waals surface area contributed by atoms with Crippen LogP contribution >= 0.6 is 11.6 Å². The zero-order valence-corrected chi connectivity index (χ0v) is 14.4. The first-order valence-electron chi connectivity index (χ1n) is 7.85. The van der Waals surface area contributed by atoms with Crippen LogP contribution < -0.4 is 10.2 Å². The van der Waals surface area contributed by atoms with Crippen LogP contribution in [-0.2, 0) is 11.2 Å². The molecule has 0 aliphatic rings. The molecule has 124 valence electrons. The highest BCUT2D eigenvalue weighted by Crippen LogP contribution is 2.23. The van der Waals surface area contributed by atoms with Gasteiger partial charge in [0.2, 0.25) is 5.91 Å². The van der Waals surface area contributed by atoms with Gasteiger partial charge in [-0.3, -0.25) is 4.79 Å². The van der Waals surface area contributed by atoms with Crippen molar-refractivity contribution in [1.82, 2.24) is 4.73 Å². The number of hydrogen-bond acceptors (Lipinski definition) is 2. The Labute approximate surface area is 145 Å². The van der Waals surface area contributed by atoms with Gasteiger partial charge in [0.05, 0.1) is 22.6 Å². The average molecular weight is 343 g/mol. The van der Waals surface area contributed by atoms with Gasteiger partial charge in [0.15, 0.2) is 0 Å². The quantitative estimate of drug-likeness (QED) is 0.750. The molecule has 1 amide bonds. The number of nitrogens with one attached hydrogen (secondary N) is 1. The number of aromatic nitrogens is 1. The normalized spacial score (nSPS) is 11.0. The Balaban J connectivity index is 1.84. The van der Waals surface area contributed by atoms with Crippen LogP contribution in [0.4, 0.5) is 5.69 Å². The van der Waals surface area contributed by atoms with Gasteiger partial charge in [0.1, 0.15) is 6.10 Å². The van der Waals surface area contributed by atoms with Crippen molar-refractivity contribution >= 4 is 34.1 Å². The summed E-state index contributed by atoms with van der Waals surface area (Å²) in [7, 11) is 0. The molecule has 0 radical (unpaired) electrons. The highest BCUT2D eigenvalue weighted by Gasteiger charge is 2.14. The molecule has 5 heteroatoms. The zero-order chi connectivity index (χ0) is 17.1. The summed E-state index contributed by atoms with van der Waals surface area (Å²) < 4.78 is 1.73. The van der Waals surface area contributed by atoms with Crippen LogP contribution in [0.2, 0.25) is 5.02 Å². The summed E-state index contributed by atoms with van der Waals surface area (Å²) in [6.07, 6.45) is 2.17. The summed E-state index contributed by atoms with van der Waals surface area (Å²) in [5.41, 5.74) is 2.48. The number of anilines is 1. The predicted octanol–water partition coefficient (Wildman–Crippen LogP) is 4.31. The van der Waals surface area contributed by atoms with E-state index in [2.05, 4.69) is 5.32 Å². The van der Waals surface area contributed by atoms with Crippen LogP contribution in [0.1, 0.15) is 19.4 Å². The second kappa shape index (κ2) is 6.97. The topological polar surface area (TPSA) is 43.3 Å². The van der Waals surface area contributed by atoms with Gasteiger partial charge >= 0.3 is 0 Å². The molecule has 1 N–H and O–H groups in total. The Morgan fingerprint density at radius 3 is 2.62 bits per heavy atom. The highest BCUT2D eigenvalue weighted by atomic mass is 35.5. The first-order chi connectivity index (χ1) is 11.5. The highest BCUT2D eigenvalue weighted by molar-refractivity contribution is 6.33. The third-order valence-corrected chi connectivity index (χ3v) is 3.91. The standard InChI is InChI=1S/C19H19ClN2O2/c1-13(2)24-22-12-14(15-7-3-6-10-18(15)22)11-19(23)21-17-9-5-4-8-16(17)20/h3-10,12-13H,11H2,1-2H3,(H,21,23). The van der Waals surface area contributed by atoms with E-state index in [1.807, 2.05) is 56.4 Å². The summed E-state index contributed by atoms with van der Waals surface area (Å²) in [5.74, 6) is -0.115. The third-order valence-electron chi connectivity index (χ3n) is 3.58. The first-order valence-corrected chi connectivity index (χ1v) is 8.23. The number of fused-ring (bicyclic) bond motifs is 1. The largest absolute Gasteiger partial charge is 0.411 e. The zero-order valence-electron chi connectivity index (χ0n) is 13.6. The summed E-state index contributed by atoms with van der Waals surface area (Å²) in [4.78, 5) is 18.2. The number of carbonyl (C=O) groups is 1. The first kappa shape index (κ1) is 16.4. The molecule has 0 unspecified atom stereocenters. The number of hydrogen-bond donors (Lipinski definition) is 1. The van der Waals surface area contributed by atoms with E-state index in [1.165, 1.54) is 0 Å². The summed E-state index contributed by atoms with van der Waals surface area (Å²) in [5, 5.41) is 4.38. The molecule has 0 spiro atoms. The minimum absolute atomic E-state index is 0.0469. The molecule has 0 saturated heterocycles. The molecule has 0 aliphatic heterocycles. The van der Waals surface area contributed by atoms with Crippen LogP contribution in [-0.4, -0.2) is 16.7 Å². The molecule has 24 heavy (non-hydrogen) atoms. The van der Waals surface area contributed by atoms with Gasteiger partial charge in [0.25, 0.3) is 0 Å². The number of amides is 1. The number of benzene rings is 2. The molecule has 4 nitrogen and oxygen atoms in total. The van der Waals surface area contributed by atoms with Crippen LogP contribution in [0.3, 0.4) is 0 Å². The number of rotatable bonds is 5. The van der Waals surface area contributed by atoms with Crippen molar-refractivity contribution in [2.24, 2.45) is 0 Å². The average Bonchev–Trinajstić information content (AvgIpc) is 2.87. The van der Waals surface area contributed by atoms with Crippen LogP contribution in [0.25, 0.3) is 10.9 Å². The second-order valence-corrected chi connectivity index (χ2v) is 6.26. The van der Waals surface area contributed by atoms with Gasteiger partial charge in [-0.25, -0.2) is 0 Å². The van der Waals surface area contributed by atoms with Gasteiger partial charge < -0.3 is 10.2 Å². The van der Waals surface area contributed by atoms with Gasteiger partial charge in [0, 0.05) is 11.6 Å². The Bertz CT molecular complexity index is 871. The lowest BCUT2D eigenvalue weighted by atomic mass is 10.1. The molecule has 3 aromatic rings. The molecular formula is C19H19ClN2O2. The lowest BCUT2D eigenvalue weighted by molar-refractivity contribution is -0.115. The van der Waals surface area contributed by atoms with Gasteiger partial charge in [-0.05, 0) is 37.6 Å². The summed E-state index contributed by atoms with van der Waals surface area (Å²) in [6.45, 7) is 3.94. The number of para-hydroxylation sites is 2. The molecule has 0 bridgehead atoms. The Morgan fingerprint density at radius 1 is 1.17 bits per heavy atom. The molecule has 0 saturated carbocycles. The van der Waals surface area contributed by atoms with Crippen molar-refractivity contribution in [2.75, 3.05) is 5.32 Å². The maximum atomic E-state index is 12.4. The van der Waals surface area contributed by atoms with Crippen LogP contribution in [0.15, 0.2) is 54.7 Å². The van der Waals surface area contributed by atoms with E-state index >= 15 is 0 Å². The van der Waals surface area contributed by atoms with Crippen molar-refractivity contribution in [3.63, 3.8) is 0 Å². The summed E-state index contributed by atoms with van der Waals surface area (Å²) in [6, 6.07) is 15.1. The molecular weight excluding hydrogens is 324 g/mol. The lowest BCUT2D eigenvalue weighted by Crippen LogP contribution is -2.18. The molecule has 2 aromatic carbocycles. The van der Waals surface area contributed by atoms with E-state index < -0.39 is 0 Å². The minimum atomic E-state index is -0.115. The van der Waals surface area contributed by atoms with Gasteiger partial charge in [-0.1, -0.05) is 41.9 Å². The van der Waals surface area contributed by atoms with Gasteiger partial charge in [-0.15, -0.1) is 0 Å². The van der Waals surface area contributed by atoms with Crippen molar-refractivity contribution in [3.8, 4) is 0 Å². The van der Waals surface area contributed by atoms with Crippen LogP contribution in [0, 0.1) is 0 Å². The third kappa shape index (κ3) is 3.54. The van der Waals surface area contributed by atoms with Gasteiger partial charge in [-0.2, -0.15) is 4.73 Å². The fraction of sp³-hybridized carbons (Fsp3) is 0.211. The number of nitrogens with zero attached hydrogens (tertiary/aromatic N) is 1. The predicted molar refractivity (Wildman–Crippen MR) is 97.4 cm³/mol. The Morgan fingerprint density at radius 2 is 1.88 bits per heavy atom. The lowest BCUT2D eigenvalue weighted by Gasteiger charge is -2.10. The van der Waals surface area contributed by atoms with Crippen molar-refractivity contribution < 1.29 is 9.63 Å². The van der Waals surface area contributed by atoms with E-state index in [-0.39, 0.29) is 18.4 Å².